The van der Waals surface area contributed by atoms with Crippen LogP contribution in [0.3, 0.4) is 0 Å². The largest absolute Gasteiger partial charge is 0.314 e. The zero-order valence-electron chi connectivity index (χ0n) is 15.9. The molecule has 1 aromatic carbocycles. The van der Waals surface area contributed by atoms with Crippen LogP contribution in [0, 0.1) is 12.0 Å². The highest BCUT2D eigenvalue weighted by Gasteiger charge is 2.42. The van der Waals surface area contributed by atoms with Crippen LogP contribution in [0.4, 0.5) is 0 Å². The van der Waals surface area contributed by atoms with Crippen LogP contribution in [-0.4, -0.2) is 16.1 Å². The van der Waals surface area contributed by atoms with E-state index in [1.807, 2.05) is 5.54 Å². The molecule has 128 valence electrons. The van der Waals surface area contributed by atoms with E-state index in [4.69, 9.17) is 0 Å². The fourth-order valence-electron chi connectivity index (χ4n) is 4.34. The van der Waals surface area contributed by atoms with Gasteiger partial charge in [0.15, 0.2) is 0 Å². The highest BCUT2D eigenvalue weighted by molar-refractivity contribution is 6.88. The van der Waals surface area contributed by atoms with Crippen LogP contribution in [0.1, 0.15) is 11.5 Å². The fraction of sp³-hybridized carbons (Fsp3) is 0.364. The Morgan fingerprint density at radius 3 is 2.08 bits per heavy atom. The molecule has 0 aliphatic heterocycles. The lowest BCUT2D eigenvalue weighted by Gasteiger charge is -2.74. The number of benzene rings is 1. The zero-order chi connectivity index (χ0) is 17.5. The Kier molecular flexibility index (Phi) is 4.56. The molecule has 2 aliphatic carbocycles. The molecule has 2 unspecified atom stereocenters. The van der Waals surface area contributed by atoms with E-state index in [-0.39, 0.29) is 0 Å². The predicted molar refractivity (Wildman–Crippen MR) is 112 cm³/mol. The molecule has 0 nitrogen and oxygen atoms in total. The minimum Gasteiger partial charge on any atom is -0.314 e. The monoisotopic (exact) mass is 350 g/mol. The molecule has 1 aromatic rings. The van der Waals surface area contributed by atoms with Crippen LogP contribution in [0.2, 0.25) is 44.8 Å². The van der Waals surface area contributed by atoms with E-state index in [1.165, 1.54) is 11.1 Å². The first-order chi connectivity index (χ1) is 11.2. The third-order valence-corrected chi connectivity index (χ3v) is 10.2. The summed E-state index contributed by atoms with van der Waals surface area (Å²) < 4.78 is 0. The molecule has 0 amide bonds. The van der Waals surface area contributed by atoms with Crippen molar-refractivity contribution in [3.05, 3.63) is 83.3 Å². The Hall–Kier alpha value is -1.26. The normalized spacial score (nSPS) is 27.8. The van der Waals surface area contributed by atoms with Gasteiger partial charge >= 0.3 is 0 Å². The van der Waals surface area contributed by atoms with Gasteiger partial charge < -0.3 is 5.54 Å². The van der Waals surface area contributed by atoms with Gasteiger partial charge in [-0.1, -0.05) is 83.3 Å². The molecule has 24 heavy (non-hydrogen) atoms. The Balaban J connectivity index is 2.15. The van der Waals surface area contributed by atoms with Gasteiger partial charge in [0.2, 0.25) is 0 Å². The summed E-state index contributed by atoms with van der Waals surface area (Å²) in [5.41, 5.74) is 7.26. The third-order valence-electron chi connectivity index (χ3n) is 5.22. The molecule has 2 aliphatic rings. The molecule has 0 heterocycles. The van der Waals surface area contributed by atoms with Gasteiger partial charge in [-0.2, -0.15) is 22.6 Å². The highest BCUT2D eigenvalue weighted by Crippen LogP contribution is 2.65. The molecule has 0 saturated heterocycles. The smallest absolute Gasteiger partial charge is 0.0133 e. The number of rotatable bonds is 3. The van der Waals surface area contributed by atoms with Crippen LogP contribution in [0.15, 0.2) is 65.8 Å². The van der Waals surface area contributed by atoms with Crippen molar-refractivity contribution in [3.63, 3.8) is 0 Å². The fourth-order valence-corrected chi connectivity index (χ4v) is 11.5. The molecule has 1 saturated carbocycles. The van der Waals surface area contributed by atoms with E-state index in [2.05, 4.69) is 100 Å². The van der Waals surface area contributed by atoms with E-state index in [9.17, 15) is 0 Å². The van der Waals surface area contributed by atoms with Crippen LogP contribution < -0.4 is 0 Å². The van der Waals surface area contributed by atoms with Crippen molar-refractivity contribution in [2.24, 2.45) is 0 Å². The summed E-state index contributed by atoms with van der Waals surface area (Å²) in [4.78, 5) is 0. The number of hydrogen-bond acceptors (Lipinski definition) is 0. The van der Waals surface area contributed by atoms with Crippen molar-refractivity contribution in [3.8, 4) is 0 Å². The second-order valence-electron chi connectivity index (χ2n) is 9.17. The average Bonchev–Trinajstić information content (AvgIpc) is 2.45. The van der Waals surface area contributed by atoms with Crippen molar-refractivity contribution in [1.29, 1.82) is 0 Å². The van der Waals surface area contributed by atoms with E-state index in [1.54, 1.807) is 5.57 Å². The number of hydrogen-bond donors (Lipinski definition) is 0. The molecule has 0 bridgehead atoms. The molecule has 0 radical (unpaired) electrons. The maximum absolute atomic E-state index is 2.54. The minimum absolute atomic E-state index is 0.539. The molecule has 2 atom stereocenters. The van der Waals surface area contributed by atoms with Crippen molar-refractivity contribution in [2.45, 2.75) is 50.7 Å². The van der Waals surface area contributed by atoms with Crippen molar-refractivity contribution < 1.29 is 0 Å². The molecule has 3 rings (SSSR count). The van der Waals surface area contributed by atoms with E-state index in [0.717, 1.165) is 5.54 Å². The SMILES string of the molecule is C[Si](C)(C)[C-]1C(c2ccccc2)/C(=C2/C=CC=C[CH-]2)C1[Si](C)(C)C. The standard InChI is InChI=1S/C22H30Si2/c1-23(2,3)21-19(17-13-9-7-10-14-17)20(22(21)24(4,5)6)18-15-11-8-12-16-18/h7-16,19,22H,1-6H3/q-2. The topological polar surface area (TPSA) is 0 Å². The Morgan fingerprint density at radius 2 is 1.58 bits per heavy atom. The minimum atomic E-state index is -1.34. The van der Waals surface area contributed by atoms with E-state index in [0.29, 0.717) is 5.92 Å². The third kappa shape index (κ3) is 3.14. The molecule has 1 fully saturated rings. The summed E-state index contributed by atoms with van der Waals surface area (Å²) in [6.45, 7) is 15.2. The lowest BCUT2D eigenvalue weighted by molar-refractivity contribution is 0.649. The molecule has 2 heteroatoms. The Bertz CT molecular complexity index is 681. The van der Waals surface area contributed by atoms with Crippen LogP contribution in [0.25, 0.3) is 0 Å². The molecule has 0 aromatic heterocycles. The van der Waals surface area contributed by atoms with Gasteiger partial charge in [0.25, 0.3) is 0 Å². The first-order valence-electron chi connectivity index (χ1n) is 9.05. The van der Waals surface area contributed by atoms with E-state index < -0.39 is 16.1 Å². The summed E-state index contributed by atoms with van der Waals surface area (Å²) in [7, 11) is -2.64. The summed E-state index contributed by atoms with van der Waals surface area (Å²) in [6, 6.07) is 11.2. The number of allylic oxidation sites excluding steroid dienone is 6. The van der Waals surface area contributed by atoms with Gasteiger partial charge in [-0.15, -0.1) is 30.7 Å². The summed E-state index contributed by atoms with van der Waals surface area (Å²) in [5, 5.41) is 0. The van der Waals surface area contributed by atoms with E-state index >= 15 is 0 Å². The lowest BCUT2D eigenvalue weighted by Crippen LogP contribution is -2.54. The first-order valence-corrected chi connectivity index (χ1v) is 16.1. The predicted octanol–water partition coefficient (Wildman–Crippen LogP) is 6.57. The van der Waals surface area contributed by atoms with Crippen LogP contribution in [-0.2, 0) is 0 Å². The summed E-state index contributed by atoms with van der Waals surface area (Å²) in [6.07, 6.45) is 11.2. The lowest BCUT2D eigenvalue weighted by atomic mass is 9.70. The van der Waals surface area contributed by atoms with Crippen molar-refractivity contribution >= 4 is 16.1 Å². The molecular weight excluding hydrogens is 320 g/mol. The van der Waals surface area contributed by atoms with Gasteiger partial charge in [0, 0.05) is 8.07 Å². The Labute approximate surface area is 150 Å². The van der Waals surface area contributed by atoms with Gasteiger partial charge in [0.1, 0.15) is 0 Å². The van der Waals surface area contributed by atoms with Gasteiger partial charge in [-0.3, -0.25) is 0 Å². The average molecular weight is 351 g/mol. The second-order valence-corrected chi connectivity index (χ2v) is 19.6. The zero-order valence-corrected chi connectivity index (χ0v) is 17.9. The first kappa shape index (κ1) is 17.6. The maximum atomic E-state index is 2.54. The quantitative estimate of drug-likeness (QED) is 0.427. The van der Waals surface area contributed by atoms with Crippen molar-refractivity contribution in [1.82, 2.24) is 0 Å². The maximum Gasteiger partial charge on any atom is 0.0133 e. The second kappa shape index (κ2) is 6.23. The van der Waals surface area contributed by atoms with Crippen LogP contribution >= 0.6 is 0 Å². The molecule has 0 N–H and O–H groups in total. The van der Waals surface area contributed by atoms with Crippen LogP contribution in [0.5, 0.6) is 0 Å². The van der Waals surface area contributed by atoms with Gasteiger partial charge in [0.05, 0.1) is 0 Å². The summed E-state index contributed by atoms with van der Waals surface area (Å²) in [5.74, 6) is 0.539. The summed E-state index contributed by atoms with van der Waals surface area (Å²) >= 11 is 0. The molecular formula is C22H30Si2-2. The van der Waals surface area contributed by atoms with Gasteiger partial charge in [-0.25, -0.2) is 0 Å². The van der Waals surface area contributed by atoms with Crippen molar-refractivity contribution in [2.75, 3.05) is 0 Å². The van der Waals surface area contributed by atoms with Gasteiger partial charge in [-0.05, 0) is 0 Å². The molecule has 0 spiro atoms. The Morgan fingerprint density at radius 1 is 0.917 bits per heavy atom. The highest BCUT2D eigenvalue weighted by atomic mass is 28.3.